The van der Waals surface area contributed by atoms with Crippen LogP contribution in [0.4, 0.5) is 10.1 Å². The van der Waals surface area contributed by atoms with Crippen LogP contribution < -0.4 is 10.6 Å². The Kier molecular flexibility index (Phi) is 5.18. The van der Waals surface area contributed by atoms with E-state index in [0.717, 1.165) is 20.2 Å². The first kappa shape index (κ1) is 15.5. The van der Waals surface area contributed by atoms with Crippen LogP contribution in [-0.2, 0) is 0 Å². The minimum Gasteiger partial charge on any atom is -0.366 e. The molecule has 0 amide bonds. The second-order valence-corrected chi connectivity index (χ2v) is 6.22. The third-order valence-corrected chi connectivity index (χ3v) is 5.13. The number of nitrogens with two attached hydrogens (primary N) is 1. The molecule has 0 spiro atoms. The Labute approximate surface area is 135 Å². The molecule has 20 heavy (non-hydrogen) atoms. The van der Waals surface area contributed by atoms with Gasteiger partial charge in [-0.2, -0.15) is 0 Å². The highest BCUT2D eigenvalue weighted by molar-refractivity contribution is 9.13. The quantitative estimate of drug-likeness (QED) is 0.817. The van der Waals surface area contributed by atoms with Crippen molar-refractivity contribution in [3.63, 3.8) is 0 Å². The normalized spacial score (nSPS) is 12.2. The fraction of sp³-hybridized carbons (Fsp3) is 0.200. The smallest absolute Gasteiger partial charge is 0.123 e. The maximum Gasteiger partial charge on any atom is 0.123 e. The van der Waals surface area contributed by atoms with Crippen LogP contribution in [0.3, 0.4) is 0 Å². The zero-order valence-electron chi connectivity index (χ0n) is 11.0. The number of hydrogen-bond donors (Lipinski definition) is 1. The van der Waals surface area contributed by atoms with E-state index >= 15 is 0 Å². The van der Waals surface area contributed by atoms with Gasteiger partial charge in [-0.05, 0) is 73.8 Å². The monoisotopic (exact) mass is 400 g/mol. The van der Waals surface area contributed by atoms with Gasteiger partial charge in [-0.25, -0.2) is 4.39 Å². The van der Waals surface area contributed by atoms with Crippen LogP contribution in [0.1, 0.15) is 11.6 Å². The highest BCUT2D eigenvalue weighted by Gasteiger charge is 2.17. The molecule has 106 valence electrons. The van der Waals surface area contributed by atoms with Crippen LogP contribution in [0, 0.1) is 5.82 Å². The zero-order chi connectivity index (χ0) is 14.7. The van der Waals surface area contributed by atoms with Crippen molar-refractivity contribution in [3.8, 4) is 0 Å². The summed E-state index contributed by atoms with van der Waals surface area (Å²) in [5, 5.41) is 0. The van der Waals surface area contributed by atoms with E-state index in [4.69, 9.17) is 5.73 Å². The lowest BCUT2D eigenvalue weighted by Gasteiger charge is -2.29. The molecule has 2 aromatic rings. The molecule has 1 atom stereocenters. The molecular formula is C15H15Br2FN2. The molecule has 0 aliphatic heterocycles. The summed E-state index contributed by atoms with van der Waals surface area (Å²) in [6.07, 6.45) is 0. The van der Waals surface area contributed by atoms with Gasteiger partial charge < -0.3 is 10.6 Å². The SMILES string of the molecule is CN(c1ccc(F)cc1)C(CN)c1ccc(Br)c(Br)c1. The van der Waals surface area contributed by atoms with Gasteiger partial charge in [0.15, 0.2) is 0 Å². The fourth-order valence-electron chi connectivity index (χ4n) is 2.09. The summed E-state index contributed by atoms with van der Waals surface area (Å²) in [6.45, 7) is 0.474. The summed E-state index contributed by atoms with van der Waals surface area (Å²) in [4.78, 5) is 2.05. The Bertz CT molecular complexity index is 587. The van der Waals surface area contributed by atoms with Crippen molar-refractivity contribution in [1.29, 1.82) is 0 Å². The summed E-state index contributed by atoms with van der Waals surface area (Å²) in [7, 11) is 1.96. The highest BCUT2D eigenvalue weighted by Crippen LogP contribution is 2.30. The number of halogens is 3. The standard InChI is InChI=1S/C15H15Br2FN2/c1-20(12-5-3-11(18)4-6-12)15(9-19)10-2-7-13(16)14(17)8-10/h2-8,15H,9,19H2,1H3. The third kappa shape index (κ3) is 3.40. The van der Waals surface area contributed by atoms with Crippen LogP contribution in [0.5, 0.6) is 0 Å². The Morgan fingerprint density at radius 1 is 1.10 bits per heavy atom. The van der Waals surface area contributed by atoms with Crippen LogP contribution in [-0.4, -0.2) is 13.6 Å². The zero-order valence-corrected chi connectivity index (χ0v) is 14.2. The van der Waals surface area contributed by atoms with Gasteiger partial charge in [-0.3, -0.25) is 0 Å². The van der Waals surface area contributed by atoms with Crippen molar-refractivity contribution in [2.24, 2.45) is 5.73 Å². The molecule has 2 rings (SSSR count). The number of anilines is 1. The van der Waals surface area contributed by atoms with Crippen LogP contribution in [0.2, 0.25) is 0 Å². The molecule has 0 saturated heterocycles. The predicted octanol–water partition coefficient (Wildman–Crippen LogP) is 4.49. The molecule has 0 aliphatic rings. The van der Waals surface area contributed by atoms with Crippen molar-refractivity contribution < 1.29 is 4.39 Å². The fourth-order valence-corrected chi connectivity index (χ4v) is 2.74. The van der Waals surface area contributed by atoms with Gasteiger partial charge >= 0.3 is 0 Å². The minimum absolute atomic E-state index is 0.0323. The first-order chi connectivity index (χ1) is 9.52. The lowest BCUT2D eigenvalue weighted by molar-refractivity contribution is 0.626. The van der Waals surface area contributed by atoms with Gasteiger partial charge in [0.05, 0.1) is 6.04 Å². The molecular weight excluding hydrogens is 387 g/mol. The molecule has 0 radical (unpaired) electrons. The second kappa shape index (κ2) is 6.70. The molecule has 2 aromatic carbocycles. The molecule has 2 nitrogen and oxygen atoms in total. The van der Waals surface area contributed by atoms with Crippen LogP contribution in [0.15, 0.2) is 51.4 Å². The average molecular weight is 402 g/mol. The van der Waals surface area contributed by atoms with E-state index in [1.165, 1.54) is 12.1 Å². The molecule has 0 fully saturated rings. The number of hydrogen-bond acceptors (Lipinski definition) is 2. The van der Waals surface area contributed by atoms with Crippen molar-refractivity contribution >= 4 is 37.5 Å². The van der Waals surface area contributed by atoms with Crippen molar-refractivity contribution in [1.82, 2.24) is 0 Å². The number of benzene rings is 2. The molecule has 0 aliphatic carbocycles. The Morgan fingerprint density at radius 2 is 1.75 bits per heavy atom. The number of rotatable bonds is 4. The van der Waals surface area contributed by atoms with Crippen LogP contribution in [0.25, 0.3) is 0 Å². The van der Waals surface area contributed by atoms with Gasteiger partial charge in [0.1, 0.15) is 5.82 Å². The summed E-state index contributed by atoms with van der Waals surface area (Å²) in [6, 6.07) is 12.5. The van der Waals surface area contributed by atoms with Crippen molar-refractivity contribution in [2.75, 3.05) is 18.5 Å². The molecule has 0 saturated carbocycles. The first-order valence-corrected chi connectivity index (χ1v) is 7.75. The highest BCUT2D eigenvalue weighted by atomic mass is 79.9. The first-order valence-electron chi connectivity index (χ1n) is 6.16. The van der Waals surface area contributed by atoms with Gasteiger partial charge in [0.2, 0.25) is 0 Å². The van der Waals surface area contributed by atoms with Gasteiger partial charge in [-0.15, -0.1) is 0 Å². The summed E-state index contributed by atoms with van der Waals surface area (Å²) < 4.78 is 15.0. The summed E-state index contributed by atoms with van der Waals surface area (Å²) in [5.74, 6) is -0.238. The maximum absolute atomic E-state index is 13.0. The van der Waals surface area contributed by atoms with E-state index < -0.39 is 0 Å². The van der Waals surface area contributed by atoms with E-state index in [0.29, 0.717) is 6.54 Å². The number of nitrogens with zero attached hydrogens (tertiary/aromatic N) is 1. The molecule has 1 unspecified atom stereocenters. The Hall–Kier alpha value is -0.910. The van der Waals surface area contributed by atoms with Crippen LogP contribution >= 0.6 is 31.9 Å². The molecule has 0 bridgehead atoms. The van der Waals surface area contributed by atoms with Gasteiger partial charge in [0, 0.05) is 28.2 Å². The van der Waals surface area contributed by atoms with E-state index in [9.17, 15) is 4.39 Å². The van der Waals surface area contributed by atoms with E-state index in [-0.39, 0.29) is 11.9 Å². The van der Waals surface area contributed by atoms with E-state index in [1.807, 2.05) is 25.2 Å². The molecule has 0 heterocycles. The Balaban J connectivity index is 2.31. The summed E-state index contributed by atoms with van der Waals surface area (Å²) in [5.41, 5.74) is 7.96. The predicted molar refractivity (Wildman–Crippen MR) is 88.4 cm³/mol. The van der Waals surface area contributed by atoms with E-state index in [2.05, 4.69) is 36.8 Å². The molecule has 5 heteroatoms. The van der Waals surface area contributed by atoms with Gasteiger partial charge in [-0.1, -0.05) is 6.07 Å². The molecule has 2 N–H and O–H groups in total. The number of likely N-dealkylation sites (N-methyl/N-ethyl adjacent to an activating group) is 1. The van der Waals surface area contributed by atoms with Gasteiger partial charge in [0.25, 0.3) is 0 Å². The lowest BCUT2D eigenvalue weighted by atomic mass is 10.1. The summed E-state index contributed by atoms with van der Waals surface area (Å²) >= 11 is 6.96. The second-order valence-electron chi connectivity index (χ2n) is 4.51. The lowest BCUT2D eigenvalue weighted by Crippen LogP contribution is -2.30. The third-order valence-electron chi connectivity index (χ3n) is 3.25. The van der Waals surface area contributed by atoms with E-state index in [1.54, 1.807) is 12.1 Å². The Morgan fingerprint density at radius 3 is 2.30 bits per heavy atom. The molecule has 0 aromatic heterocycles. The van der Waals surface area contributed by atoms with Crippen molar-refractivity contribution in [2.45, 2.75) is 6.04 Å². The topological polar surface area (TPSA) is 29.3 Å². The maximum atomic E-state index is 13.0. The largest absolute Gasteiger partial charge is 0.366 e. The van der Waals surface area contributed by atoms with Crippen molar-refractivity contribution in [3.05, 3.63) is 62.8 Å². The minimum atomic E-state index is -0.238. The average Bonchev–Trinajstić information content (AvgIpc) is 2.44.